The lowest BCUT2D eigenvalue weighted by Crippen LogP contribution is -2.41. The van der Waals surface area contributed by atoms with Crippen molar-refractivity contribution in [3.63, 3.8) is 0 Å². The van der Waals surface area contributed by atoms with Crippen molar-refractivity contribution in [1.29, 1.82) is 0 Å². The molecular formula is C16H16BrNO4S. The van der Waals surface area contributed by atoms with Crippen molar-refractivity contribution >= 4 is 26.0 Å². The lowest BCUT2D eigenvalue weighted by atomic mass is 10.2. The van der Waals surface area contributed by atoms with E-state index in [0.29, 0.717) is 22.6 Å². The summed E-state index contributed by atoms with van der Waals surface area (Å²) in [7, 11) is -2.06. The maximum absolute atomic E-state index is 12.7. The number of para-hydroxylation sites is 2. The van der Waals surface area contributed by atoms with E-state index >= 15 is 0 Å². The van der Waals surface area contributed by atoms with Gasteiger partial charge in [0.05, 0.1) is 11.4 Å². The first kappa shape index (κ1) is 16.3. The molecule has 0 bridgehead atoms. The molecule has 7 heteroatoms. The zero-order chi connectivity index (χ0) is 16.4. The van der Waals surface area contributed by atoms with Crippen molar-refractivity contribution in [3.8, 4) is 11.5 Å². The van der Waals surface area contributed by atoms with Crippen LogP contribution in [0.1, 0.15) is 0 Å². The van der Waals surface area contributed by atoms with E-state index in [9.17, 15) is 8.42 Å². The zero-order valence-electron chi connectivity index (χ0n) is 12.5. The van der Waals surface area contributed by atoms with Gasteiger partial charge in [-0.3, -0.25) is 0 Å². The van der Waals surface area contributed by atoms with E-state index in [1.807, 2.05) is 24.3 Å². The minimum atomic E-state index is -3.60. The second kappa shape index (κ2) is 6.51. The third-order valence-electron chi connectivity index (χ3n) is 3.55. The SMILES string of the molecule is CN(C[C@H]1COc2ccccc2O1)S(=O)(=O)c1ccccc1Br. The number of halogens is 1. The summed E-state index contributed by atoms with van der Waals surface area (Å²) in [5.74, 6) is 1.32. The number of hydrogen-bond donors (Lipinski definition) is 0. The highest BCUT2D eigenvalue weighted by Gasteiger charge is 2.29. The highest BCUT2D eigenvalue weighted by molar-refractivity contribution is 9.10. The molecule has 1 atom stereocenters. The first-order chi connectivity index (χ1) is 11.0. The maximum Gasteiger partial charge on any atom is 0.244 e. The van der Waals surface area contributed by atoms with Crippen LogP contribution in [0.3, 0.4) is 0 Å². The monoisotopic (exact) mass is 397 g/mol. The first-order valence-corrected chi connectivity index (χ1v) is 9.31. The molecule has 5 nitrogen and oxygen atoms in total. The summed E-state index contributed by atoms with van der Waals surface area (Å²) in [6.07, 6.45) is -0.354. The van der Waals surface area contributed by atoms with E-state index in [1.54, 1.807) is 31.3 Å². The fourth-order valence-corrected chi connectivity index (χ4v) is 4.52. The Labute approximate surface area is 144 Å². The Kier molecular flexibility index (Phi) is 4.61. The van der Waals surface area contributed by atoms with Gasteiger partial charge in [-0.05, 0) is 40.2 Å². The van der Waals surface area contributed by atoms with Crippen molar-refractivity contribution in [2.24, 2.45) is 0 Å². The van der Waals surface area contributed by atoms with Crippen LogP contribution in [0.5, 0.6) is 11.5 Å². The number of rotatable bonds is 4. The van der Waals surface area contributed by atoms with Crippen molar-refractivity contribution in [2.45, 2.75) is 11.0 Å². The Hall–Kier alpha value is -1.57. The van der Waals surface area contributed by atoms with Gasteiger partial charge in [0.15, 0.2) is 11.5 Å². The lowest BCUT2D eigenvalue weighted by Gasteiger charge is -2.29. The molecule has 0 amide bonds. The smallest absolute Gasteiger partial charge is 0.244 e. The minimum absolute atomic E-state index is 0.206. The molecule has 1 heterocycles. The first-order valence-electron chi connectivity index (χ1n) is 7.08. The molecule has 2 aromatic rings. The molecule has 0 aromatic heterocycles. The van der Waals surface area contributed by atoms with Crippen LogP contribution >= 0.6 is 15.9 Å². The molecule has 0 aliphatic carbocycles. The standard InChI is InChI=1S/C16H16BrNO4S/c1-18(23(19,20)16-9-5-2-6-13(16)17)10-12-11-21-14-7-3-4-8-15(14)22-12/h2-9,12H,10-11H2,1H3/t12-/m0/s1. The summed E-state index contributed by atoms with van der Waals surface area (Å²) in [4.78, 5) is 0.236. The molecule has 0 saturated heterocycles. The van der Waals surface area contributed by atoms with Gasteiger partial charge in [-0.15, -0.1) is 0 Å². The van der Waals surface area contributed by atoms with Gasteiger partial charge in [0, 0.05) is 11.5 Å². The predicted molar refractivity (Wildman–Crippen MR) is 90.3 cm³/mol. The number of sulfonamides is 1. The Morgan fingerprint density at radius 3 is 2.52 bits per heavy atom. The summed E-state index contributed by atoms with van der Waals surface area (Å²) in [6, 6.07) is 14.1. The van der Waals surface area contributed by atoms with E-state index in [-0.39, 0.29) is 17.5 Å². The number of ether oxygens (including phenoxy) is 2. The van der Waals surface area contributed by atoms with E-state index < -0.39 is 10.0 Å². The molecule has 0 radical (unpaired) electrons. The Morgan fingerprint density at radius 1 is 1.13 bits per heavy atom. The quantitative estimate of drug-likeness (QED) is 0.795. The Morgan fingerprint density at radius 2 is 1.78 bits per heavy atom. The molecule has 0 saturated carbocycles. The fraction of sp³-hybridized carbons (Fsp3) is 0.250. The number of benzene rings is 2. The summed E-state index contributed by atoms with van der Waals surface area (Å²) in [5.41, 5.74) is 0. The van der Waals surface area contributed by atoms with Crippen molar-refractivity contribution in [1.82, 2.24) is 4.31 Å². The zero-order valence-corrected chi connectivity index (χ0v) is 14.9. The van der Waals surface area contributed by atoms with Crippen LogP contribution in [0.4, 0.5) is 0 Å². The molecule has 2 aromatic carbocycles. The van der Waals surface area contributed by atoms with Crippen LogP contribution in [0, 0.1) is 0 Å². The molecule has 0 N–H and O–H groups in total. The molecule has 1 aliphatic heterocycles. The minimum Gasteiger partial charge on any atom is -0.486 e. The molecule has 0 unspecified atom stereocenters. The number of fused-ring (bicyclic) bond motifs is 1. The second-order valence-electron chi connectivity index (χ2n) is 5.21. The third kappa shape index (κ3) is 3.36. The highest BCUT2D eigenvalue weighted by Crippen LogP contribution is 2.31. The molecule has 0 fully saturated rings. The molecular weight excluding hydrogens is 382 g/mol. The van der Waals surface area contributed by atoms with Crippen LogP contribution in [0.25, 0.3) is 0 Å². The average molecular weight is 398 g/mol. The van der Waals surface area contributed by atoms with Crippen LogP contribution in [0.15, 0.2) is 57.9 Å². The van der Waals surface area contributed by atoms with Gasteiger partial charge < -0.3 is 9.47 Å². The fourth-order valence-electron chi connectivity index (χ4n) is 2.36. The Balaban J connectivity index is 1.75. The summed E-state index contributed by atoms with van der Waals surface area (Å²) in [6.45, 7) is 0.519. The molecule has 3 rings (SSSR count). The van der Waals surface area contributed by atoms with Gasteiger partial charge in [-0.1, -0.05) is 24.3 Å². The van der Waals surface area contributed by atoms with Crippen molar-refractivity contribution in [3.05, 3.63) is 53.0 Å². The predicted octanol–water partition coefficient (Wildman–Crippen LogP) is 2.91. The summed E-state index contributed by atoms with van der Waals surface area (Å²) >= 11 is 3.29. The average Bonchev–Trinajstić information content (AvgIpc) is 2.55. The normalized spacial score (nSPS) is 17.3. The van der Waals surface area contributed by atoms with Gasteiger partial charge in [-0.25, -0.2) is 8.42 Å². The van der Waals surface area contributed by atoms with Crippen molar-refractivity contribution in [2.75, 3.05) is 20.2 Å². The van der Waals surface area contributed by atoms with E-state index in [2.05, 4.69) is 15.9 Å². The third-order valence-corrected chi connectivity index (χ3v) is 6.39. The largest absolute Gasteiger partial charge is 0.486 e. The summed E-state index contributed by atoms with van der Waals surface area (Å²) < 4.78 is 38.6. The van der Waals surface area contributed by atoms with Gasteiger partial charge >= 0.3 is 0 Å². The lowest BCUT2D eigenvalue weighted by molar-refractivity contribution is 0.0798. The molecule has 23 heavy (non-hydrogen) atoms. The Bertz CT molecular complexity index is 809. The van der Waals surface area contributed by atoms with Gasteiger partial charge in [0.2, 0.25) is 10.0 Å². The van der Waals surface area contributed by atoms with Gasteiger partial charge in [0.25, 0.3) is 0 Å². The van der Waals surface area contributed by atoms with E-state index in [4.69, 9.17) is 9.47 Å². The van der Waals surface area contributed by atoms with Gasteiger partial charge in [-0.2, -0.15) is 4.31 Å². The number of likely N-dealkylation sites (N-methyl/N-ethyl adjacent to an activating group) is 1. The number of nitrogens with zero attached hydrogens (tertiary/aromatic N) is 1. The topological polar surface area (TPSA) is 55.8 Å². The molecule has 1 aliphatic rings. The van der Waals surface area contributed by atoms with Crippen LogP contribution in [0.2, 0.25) is 0 Å². The van der Waals surface area contributed by atoms with E-state index in [1.165, 1.54) is 4.31 Å². The van der Waals surface area contributed by atoms with Crippen LogP contribution < -0.4 is 9.47 Å². The summed E-state index contributed by atoms with van der Waals surface area (Å²) in [5, 5.41) is 0. The second-order valence-corrected chi connectivity index (χ2v) is 8.08. The number of hydrogen-bond acceptors (Lipinski definition) is 4. The highest BCUT2D eigenvalue weighted by atomic mass is 79.9. The van der Waals surface area contributed by atoms with Gasteiger partial charge in [0.1, 0.15) is 12.7 Å². The molecule has 122 valence electrons. The van der Waals surface area contributed by atoms with E-state index in [0.717, 1.165) is 0 Å². The van der Waals surface area contributed by atoms with Crippen LogP contribution in [-0.4, -0.2) is 39.0 Å². The van der Waals surface area contributed by atoms with Crippen molar-refractivity contribution < 1.29 is 17.9 Å². The molecule has 0 spiro atoms. The maximum atomic E-state index is 12.7. The van der Waals surface area contributed by atoms with Crippen LogP contribution in [-0.2, 0) is 10.0 Å².